The van der Waals surface area contributed by atoms with Crippen LogP contribution in [0.4, 0.5) is 0 Å². The van der Waals surface area contributed by atoms with Gasteiger partial charge in [0, 0.05) is 5.71 Å². The number of nitrogens with zero attached hydrogens (tertiary/aromatic N) is 25. The Kier molecular flexibility index (Phi) is 24.2. The minimum atomic E-state index is -2.89. The van der Waals surface area contributed by atoms with E-state index in [2.05, 4.69) is 101 Å². The van der Waals surface area contributed by atoms with Crippen molar-refractivity contribution in [3.63, 3.8) is 0 Å². The van der Waals surface area contributed by atoms with Crippen LogP contribution < -0.4 is 159 Å². The standard InChI is InChI=1S/C15H13N13.C14H14N14.C13H14N12O2.C12H14N8O5.C8H15N3.C7H7N7/c1-22-8-5-13(19)4-9(26-8)25-7(17)6(16)14(4,20)10(18)27-11(13)28-12(23-2)15(5,21)24-3;1-25-9-14(24,26-2)11(21,5-17)13(23)8(28-9)27-7(19)12(22,6(18)3-15)10(13,20)4-16;1-23-13(22)8(27)25-6-12(21,10(13,19)4-16)9(18,3-15)11(20,5(17)2-14)7(26)24-6;13-3-6(22)18-4-1-10(14)2(5(21)17-4)12(16,25)9(24)20-7(10)19-8(23)11(1,3)15;1-5-7(3,9)8(4,10)6(2)11-5;1-14-6(12)7(13,3-9)5(11)4(10)2-8/h4-6,17-18H,16,19-21H2;6,19H,18,20-24H2;5H,17-22H2,(H,24,25,26,27);1-3,25H,13-16H2,(H,17,18,21,22)(H,19,20,23,24);1,9-10H2,2-4H3;12H,10-11,13H2/b;;;;;5-4-,12-6?. The molecule has 0 aliphatic carbocycles. The largest absolute Gasteiger partial charge is 0.398 e. The van der Waals surface area contributed by atoms with E-state index in [1.807, 2.05) is 26.1 Å². The highest BCUT2D eigenvalue weighted by atomic mass is 16.3. The van der Waals surface area contributed by atoms with Crippen LogP contribution in [0.3, 0.4) is 0 Å². The average molecular weight is 1820 g/mol. The summed E-state index contributed by atoms with van der Waals surface area (Å²) in [6.07, 6.45) is 0. The summed E-state index contributed by atoms with van der Waals surface area (Å²) in [6, 6.07) is 5.56. The van der Waals surface area contributed by atoms with Gasteiger partial charge in [0.1, 0.15) is 98.6 Å². The zero-order valence-corrected chi connectivity index (χ0v) is 68.8. The van der Waals surface area contributed by atoms with Crippen LogP contribution in [0.1, 0.15) is 20.8 Å². The number of allylic oxidation sites excluding steroid dienone is 1. The molecular formula is C69H77N57O7. The Morgan fingerprint density at radius 1 is 0.526 bits per heavy atom. The van der Waals surface area contributed by atoms with Gasteiger partial charge < -0.3 is 161 Å². The first kappa shape index (κ1) is 102. The summed E-state index contributed by atoms with van der Waals surface area (Å²) in [6.45, 7) is 60.2. The van der Waals surface area contributed by atoms with Gasteiger partial charge in [0.25, 0.3) is 35.3 Å². The van der Waals surface area contributed by atoms with Crippen LogP contribution in [0.15, 0.2) is 73.6 Å². The van der Waals surface area contributed by atoms with Crippen LogP contribution in [-0.2, 0) is 28.8 Å². The number of nitrogens with two attached hydrogens (primary N) is 25. The highest BCUT2D eigenvalue weighted by Crippen LogP contribution is 2.54. The SMILES string of the molecule is C=C1N=C(C)C(C)(N)C1(C)N.NC1C(=O)NC2=NC(=O)C3C(N)(O)C(=O)NC4=NC(=O)C1(N)C2C43N.[C-]#[N+]C(=N)C(N)(C#N)/C(N)=C(/N)C#N.[C-]#[N+]C1(N)C(=O)NC2=NC(=O)C(N)(C(N)C#N)C(N)(C#N)C2(N)C1(N)C#N.[C-]#[N+]C1=NC2=NC(=N)C(N)(C(N)C#N)C(N)(C#N)C2(N)C(N)(C#N)C1(N)[N+]#[C-].[C-]#[N+]C1=NC2=NC(=N)C(N)C3(N)C(=N)N=C4N=C([N+]#[C-])C(N)([N+]#[C-])C1C4(N)C23. The molecule has 0 bridgehead atoms. The number of aliphatic imine (C=N–C) groups is 10. The van der Waals surface area contributed by atoms with Gasteiger partial charge in [-0.2, -0.15) is 77.5 Å². The molecule has 3 saturated heterocycles. The second-order valence-corrected chi connectivity index (χ2v) is 31.9. The number of aliphatic hydroxyl groups is 1. The number of amidine groups is 13. The van der Waals surface area contributed by atoms with Gasteiger partial charge in [-0.05, 0) is 20.8 Å². The molecule has 0 aromatic rings. The van der Waals surface area contributed by atoms with Crippen molar-refractivity contribution in [2.75, 3.05) is 0 Å². The quantitative estimate of drug-likeness (QED) is 0.0409. The van der Waals surface area contributed by atoms with Crippen molar-refractivity contribution in [1.82, 2.24) is 16.0 Å². The monoisotopic (exact) mass is 1820 g/mol. The first-order chi connectivity index (χ1) is 61.0. The first-order valence-electron chi connectivity index (χ1n) is 36.4. The van der Waals surface area contributed by atoms with Crippen molar-refractivity contribution < 1.29 is 33.9 Å². The number of rotatable bonds is 4. The van der Waals surface area contributed by atoms with Crippen LogP contribution in [0, 0.1) is 182 Å². The van der Waals surface area contributed by atoms with Gasteiger partial charge in [-0.1, -0.05) is 42.9 Å². The van der Waals surface area contributed by atoms with Gasteiger partial charge in [-0.3, -0.25) is 81.7 Å². The number of amides is 6. The lowest BCUT2D eigenvalue weighted by Gasteiger charge is -2.59. The number of piperidine rings is 3. The lowest BCUT2D eigenvalue weighted by atomic mass is 9.51. The molecule has 0 aromatic carbocycles. The van der Waals surface area contributed by atoms with Gasteiger partial charge in [0.15, 0.2) is 39.1 Å². The highest BCUT2D eigenvalue weighted by Gasteiger charge is 2.88. The molecule has 0 aromatic heterocycles. The van der Waals surface area contributed by atoms with Crippen molar-refractivity contribution in [1.29, 1.82) is 63.7 Å². The summed E-state index contributed by atoms with van der Waals surface area (Å²) in [5, 5.41) is 123. The van der Waals surface area contributed by atoms with Gasteiger partial charge in [0.05, 0.1) is 82.8 Å². The number of carbonyl (C=O) groups excluding carboxylic acids is 6. The fraction of sp³-hybridized carbons (Fsp3) is 0.435. The van der Waals surface area contributed by atoms with Crippen LogP contribution in [0.2, 0.25) is 0 Å². The molecule has 6 amide bonds. The van der Waals surface area contributed by atoms with Gasteiger partial charge in [0.2, 0.25) is 40.2 Å². The van der Waals surface area contributed by atoms with Crippen molar-refractivity contribution in [3.8, 4) is 48.6 Å². The molecule has 58 N–H and O–H groups in total. The minimum Gasteiger partial charge on any atom is -0.398 e. The van der Waals surface area contributed by atoms with E-state index in [1.165, 1.54) is 30.3 Å². The molecule has 13 aliphatic heterocycles. The number of hydrogen-bond acceptors (Lipinski definition) is 48. The third-order valence-corrected chi connectivity index (χ3v) is 25.6. The summed E-state index contributed by atoms with van der Waals surface area (Å²) in [7, 11) is 0. The fourth-order valence-corrected chi connectivity index (χ4v) is 16.6. The maximum Gasteiger partial charge on any atom is 0.395 e. The van der Waals surface area contributed by atoms with E-state index in [9.17, 15) is 60.2 Å². The number of carbonyl (C=O) groups is 6. The molecule has 64 heteroatoms. The summed E-state index contributed by atoms with van der Waals surface area (Å²) in [5.74, 6) is -18.4. The van der Waals surface area contributed by atoms with Crippen LogP contribution >= 0.6 is 0 Å². The van der Waals surface area contributed by atoms with E-state index >= 15 is 0 Å². The molecule has 3 fully saturated rings. The van der Waals surface area contributed by atoms with E-state index in [4.69, 9.17) is 227 Å². The van der Waals surface area contributed by atoms with Gasteiger partial charge >= 0.3 is 34.6 Å². The first-order valence-corrected chi connectivity index (χ1v) is 36.4. The Hall–Kier alpha value is -16.7. The molecule has 0 spiro atoms. The lowest BCUT2D eigenvalue weighted by Crippen LogP contribution is -3.00. The van der Waals surface area contributed by atoms with Crippen molar-refractivity contribution >= 4 is 117 Å². The summed E-state index contributed by atoms with van der Waals surface area (Å²) in [4.78, 5) is 134. The molecule has 0 saturated carbocycles. The van der Waals surface area contributed by atoms with Crippen molar-refractivity contribution in [2.45, 2.75) is 151 Å². The molecule has 13 aliphatic rings. The predicted octanol–water partition coefficient (Wildman–Crippen LogP) is -18.9. The zero-order chi connectivity index (χ0) is 102. The molecule has 680 valence electrons. The van der Waals surface area contributed by atoms with E-state index in [0.29, 0.717) is 5.70 Å². The van der Waals surface area contributed by atoms with Crippen LogP contribution in [0.25, 0.3) is 33.9 Å². The van der Waals surface area contributed by atoms with Gasteiger partial charge in [-0.15, -0.1) is 4.99 Å². The number of hydrogen-bond donors (Lipinski definition) is 33. The lowest BCUT2D eigenvalue weighted by molar-refractivity contribution is -0.161. The molecule has 13 heterocycles. The second kappa shape index (κ2) is 31.6. The smallest absolute Gasteiger partial charge is 0.395 e. The Labute approximate surface area is 747 Å². The van der Waals surface area contributed by atoms with E-state index in [-0.39, 0.29) is 29.2 Å². The van der Waals surface area contributed by atoms with Gasteiger partial charge in [-0.25, -0.2) is 25.5 Å². The maximum atomic E-state index is 12.5. The summed E-state index contributed by atoms with van der Waals surface area (Å²) in [5.41, 5.74) is 107. The zero-order valence-electron chi connectivity index (χ0n) is 68.8. The number of fused-ring (bicyclic) bond motifs is 2. The minimum absolute atomic E-state index is 0.0649. The van der Waals surface area contributed by atoms with Crippen molar-refractivity contribution in [2.24, 2.45) is 217 Å². The van der Waals surface area contributed by atoms with Crippen LogP contribution in [0.5, 0.6) is 0 Å². The fourth-order valence-electron chi connectivity index (χ4n) is 16.6. The molecule has 27 atom stereocenters. The Balaban J connectivity index is 0.000000201. The highest BCUT2D eigenvalue weighted by molar-refractivity contribution is 6.31. The predicted molar refractivity (Wildman–Crippen MR) is 457 cm³/mol. The molecule has 27 unspecified atom stereocenters. The molecular weight excluding hydrogens is 1740 g/mol. The van der Waals surface area contributed by atoms with E-state index in [0.717, 1.165) is 5.71 Å². The van der Waals surface area contributed by atoms with E-state index < -0.39 is 247 Å². The summed E-state index contributed by atoms with van der Waals surface area (Å²) >= 11 is 0. The van der Waals surface area contributed by atoms with Crippen LogP contribution in [-0.4, -0.2) is 252 Å². The molecule has 133 heavy (non-hydrogen) atoms. The summed E-state index contributed by atoms with van der Waals surface area (Å²) < 4.78 is 0. The van der Waals surface area contributed by atoms with E-state index in [1.54, 1.807) is 18.2 Å². The third kappa shape index (κ3) is 12.1. The third-order valence-electron chi connectivity index (χ3n) is 25.6. The molecule has 13 rings (SSSR count). The molecule has 64 nitrogen and oxygen atoms in total. The Bertz CT molecular complexity index is 6570. The van der Waals surface area contributed by atoms with Crippen molar-refractivity contribution in [3.05, 3.63) is 104 Å². The molecule has 0 radical (unpaired) electrons. The number of nitrogens with one attached hydrogen (secondary N) is 7. The second-order valence-electron chi connectivity index (χ2n) is 31.9. The maximum absolute atomic E-state index is 12.5. The normalized spacial score (nSPS) is 41.4. The average Bonchev–Trinajstić information content (AvgIpc) is 0.732. The topological polar surface area (TPSA) is 1250 Å². The Morgan fingerprint density at radius 3 is 1.46 bits per heavy atom. The Morgan fingerprint density at radius 2 is 1.02 bits per heavy atom. The number of nitriles is 8.